The van der Waals surface area contributed by atoms with Crippen molar-refractivity contribution in [2.45, 2.75) is 44.3 Å². The lowest BCUT2D eigenvalue weighted by Gasteiger charge is -2.26. The lowest BCUT2D eigenvalue weighted by molar-refractivity contribution is -0.123. The molecule has 0 aromatic heterocycles. The second-order valence-electron chi connectivity index (χ2n) is 4.32. The number of rotatable bonds is 6. The zero-order chi connectivity index (χ0) is 12.0. The predicted octanol–water partition coefficient (Wildman–Crippen LogP) is -0.195. The van der Waals surface area contributed by atoms with Gasteiger partial charge in [-0.3, -0.25) is 4.79 Å². The predicted molar refractivity (Wildman–Crippen MR) is 58.9 cm³/mol. The molecule has 2 unspecified atom stereocenters. The molecule has 0 aromatic rings. The monoisotopic (exact) mass is 231 g/mol. The van der Waals surface area contributed by atoms with Crippen LogP contribution in [-0.4, -0.2) is 47.6 Å². The zero-order valence-corrected chi connectivity index (χ0v) is 9.74. The molecule has 1 rings (SSSR count). The first-order valence-electron chi connectivity index (χ1n) is 5.80. The Kier molecular flexibility index (Phi) is 5.18. The maximum absolute atomic E-state index is 11.4. The summed E-state index contributed by atoms with van der Waals surface area (Å²) in [5.41, 5.74) is -0.924. The van der Waals surface area contributed by atoms with Gasteiger partial charge in [-0.15, -0.1) is 0 Å². The number of hydrogen-bond donors (Lipinski definition) is 3. The first kappa shape index (κ1) is 13.4. The van der Waals surface area contributed by atoms with Gasteiger partial charge in [-0.2, -0.15) is 0 Å². The van der Waals surface area contributed by atoms with E-state index in [1.165, 1.54) is 0 Å². The summed E-state index contributed by atoms with van der Waals surface area (Å²) in [6.07, 6.45) is 2.03. The highest BCUT2D eigenvalue weighted by atomic mass is 16.5. The molecule has 1 aliphatic heterocycles. The van der Waals surface area contributed by atoms with Crippen molar-refractivity contribution in [2.75, 3.05) is 19.8 Å². The topological polar surface area (TPSA) is 78.8 Å². The Morgan fingerprint density at radius 2 is 2.31 bits per heavy atom. The van der Waals surface area contributed by atoms with Gasteiger partial charge in [0.1, 0.15) is 5.60 Å². The molecule has 94 valence electrons. The first-order chi connectivity index (χ1) is 7.58. The largest absolute Gasteiger partial charge is 0.396 e. The van der Waals surface area contributed by atoms with Crippen molar-refractivity contribution in [2.24, 2.45) is 0 Å². The van der Waals surface area contributed by atoms with Crippen molar-refractivity contribution in [3.63, 3.8) is 0 Å². The molecule has 1 aliphatic rings. The van der Waals surface area contributed by atoms with Crippen LogP contribution in [-0.2, 0) is 9.53 Å². The second kappa shape index (κ2) is 6.18. The summed E-state index contributed by atoms with van der Waals surface area (Å²) < 4.78 is 5.26. The highest BCUT2D eigenvalue weighted by molar-refractivity contribution is 5.75. The van der Waals surface area contributed by atoms with Crippen molar-refractivity contribution in [3.05, 3.63) is 0 Å². The molecule has 3 N–H and O–H groups in total. The lowest BCUT2D eigenvalue weighted by Crippen LogP contribution is -2.47. The lowest BCUT2D eigenvalue weighted by atomic mass is 9.96. The molecule has 0 bridgehead atoms. The molecule has 5 nitrogen and oxygen atoms in total. The number of nitrogens with one attached hydrogen (secondary N) is 1. The van der Waals surface area contributed by atoms with E-state index in [4.69, 9.17) is 9.84 Å². The molecule has 2 atom stereocenters. The van der Waals surface area contributed by atoms with Crippen LogP contribution in [0.2, 0.25) is 0 Å². The Balaban J connectivity index is 2.20. The van der Waals surface area contributed by atoms with Crippen LogP contribution >= 0.6 is 0 Å². The van der Waals surface area contributed by atoms with Crippen molar-refractivity contribution >= 4 is 5.91 Å². The fraction of sp³-hybridized carbons (Fsp3) is 0.909. The third-order valence-corrected chi connectivity index (χ3v) is 3.06. The first-order valence-corrected chi connectivity index (χ1v) is 5.80. The van der Waals surface area contributed by atoms with E-state index in [-0.39, 0.29) is 25.2 Å². The molecule has 5 heteroatoms. The second-order valence-corrected chi connectivity index (χ2v) is 4.32. The maximum Gasteiger partial charge on any atom is 0.220 e. The number of carbonyl (C=O) groups excluding carboxylic acids is 1. The number of hydrogen-bond acceptors (Lipinski definition) is 4. The molecule has 1 amide bonds. The molecular formula is C11H21NO4. The third-order valence-electron chi connectivity index (χ3n) is 3.06. The Bertz CT molecular complexity index is 234. The standard InChI is InChI=1S/C11H21NO4/c1-9-11(15,5-7-16-9)8-12-10(14)4-2-3-6-13/h9,13,15H,2-8H2,1H3,(H,12,14). The van der Waals surface area contributed by atoms with Crippen LogP contribution in [0.3, 0.4) is 0 Å². The number of aliphatic hydroxyl groups excluding tert-OH is 1. The highest BCUT2D eigenvalue weighted by Crippen LogP contribution is 2.24. The van der Waals surface area contributed by atoms with Crippen LogP contribution in [0.15, 0.2) is 0 Å². The van der Waals surface area contributed by atoms with Crippen molar-refractivity contribution < 1.29 is 19.7 Å². The Morgan fingerprint density at radius 3 is 2.88 bits per heavy atom. The summed E-state index contributed by atoms with van der Waals surface area (Å²) in [4.78, 5) is 11.4. The normalized spacial score (nSPS) is 29.3. The van der Waals surface area contributed by atoms with Crippen LogP contribution in [0.25, 0.3) is 0 Å². The van der Waals surface area contributed by atoms with Gasteiger partial charge in [-0.25, -0.2) is 0 Å². The van der Waals surface area contributed by atoms with Gasteiger partial charge in [0, 0.05) is 32.6 Å². The molecule has 0 spiro atoms. The fourth-order valence-corrected chi connectivity index (χ4v) is 1.74. The molecule has 1 saturated heterocycles. The zero-order valence-electron chi connectivity index (χ0n) is 9.74. The number of carbonyl (C=O) groups is 1. The molecule has 16 heavy (non-hydrogen) atoms. The van der Waals surface area contributed by atoms with Gasteiger partial charge in [0.15, 0.2) is 0 Å². The van der Waals surface area contributed by atoms with E-state index in [0.717, 1.165) is 0 Å². The van der Waals surface area contributed by atoms with Crippen LogP contribution < -0.4 is 5.32 Å². The Labute approximate surface area is 95.8 Å². The van der Waals surface area contributed by atoms with E-state index in [9.17, 15) is 9.90 Å². The minimum Gasteiger partial charge on any atom is -0.396 e. The van der Waals surface area contributed by atoms with E-state index in [1.807, 2.05) is 6.92 Å². The van der Waals surface area contributed by atoms with E-state index >= 15 is 0 Å². The van der Waals surface area contributed by atoms with Gasteiger partial charge in [0.2, 0.25) is 5.91 Å². The van der Waals surface area contributed by atoms with Gasteiger partial charge in [-0.05, 0) is 19.8 Å². The number of aliphatic hydroxyl groups is 2. The van der Waals surface area contributed by atoms with Crippen molar-refractivity contribution in [1.29, 1.82) is 0 Å². The van der Waals surface area contributed by atoms with E-state index in [2.05, 4.69) is 5.32 Å². The van der Waals surface area contributed by atoms with Crippen LogP contribution in [0, 0.1) is 0 Å². The van der Waals surface area contributed by atoms with Gasteiger partial charge < -0.3 is 20.3 Å². The Hall–Kier alpha value is -0.650. The highest BCUT2D eigenvalue weighted by Gasteiger charge is 2.39. The quantitative estimate of drug-likeness (QED) is 0.553. The van der Waals surface area contributed by atoms with Crippen molar-refractivity contribution in [3.8, 4) is 0 Å². The van der Waals surface area contributed by atoms with E-state index in [0.29, 0.717) is 32.3 Å². The van der Waals surface area contributed by atoms with E-state index < -0.39 is 5.60 Å². The van der Waals surface area contributed by atoms with Crippen molar-refractivity contribution in [1.82, 2.24) is 5.32 Å². The molecule has 0 aliphatic carbocycles. The smallest absolute Gasteiger partial charge is 0.220 e. The molecule has 1 heterocycles. The maximum atomic E-state index is 11.4. The van der Waals surface area contributed by atoms with Gasteiger partial charge in [0.25, 0.3) is 0 Å². The average Bonchev–Trinajstić information content (AvgIpc) is 2.58. The number of unbranched alkanes of at least 4 members (excludes halogenated alkanes) is 1. The Morgan fingerprint density at radius 1 is 1.56 bits per heavy atom. The molecule has 0 radical (unpaired) electrons. The van der Waals surface area contributed by atoms with E-state index in [1.54, 1.807) is 0 Å². The minimum atomic E-state index is -0.924. The van der Waals surface area contributed by atoms with Crippen LogP contribution in [0.4, 0.5) is 0 Å². The van der Waals surface area contributed by atoms with Gasteiger partial charge in [-0.1, -0.05) is 0 Å². The van der Waals surface area contributed by atoms with Gasteiger partial charge in [0.05, 0.1) is 6.10 Å². The number of amides is 1. The summed E-state index contributed by atoms with van der Waals surface area (Å²) in [6, 6.07) is 0. The summed E-state index contributed by atoms with van der Waals surface area (Å²) >= 11 is 0. The summed E-state index contributed by atoms with van der Waals surface area (Å²) in [5.74, 6) is -0.0824. The SMILES string of the molecule is CC1OCCC1(O)CNC(=O)CCCCO. The average molecular weight is 231 g/mol. The summed E-state index contributed by atoms with van der Waals surface area (Å²) in [5, 5.41) is 21.4. The molecule has 1 fully saturated rings. The summed E-state index contributed by atoms with van der Waals surface area (Å²) in [7, 11) is 0. The van der Waals surface area contributed by atoms with Gasteiger partial charge >= 0.3 is 0 Å². The number of ether oxygens (including phenoxy) is 1. The molecule has 0 aromatic carbocycles. The van der Waals surface area contributed by atoms with Crippen LogP contribution in [0.5, 0.6) is 0 Å². The fourth-order valence-electron chi connectivity index (χ4n) is 1.74. The molecule has 0 saturated carbocycles. The third kappa shape index (κ3) is 3.73. The molecular weight excluding hydrogens is 210 g/mol. The van der Waals surface area contributed by atoms with Crippen LogP contribution in [0.1, 0.15) is 32.6 Å². The minimum absolute atomic E-state index is 0.0824. The summed E-state index contributed by atoms with van der Waals surface area (Å²) in [6.45, 7) is 2.71.